The number of aromatic nitrogens is 3. The summed E-state index contributed by atoms with van der Waals surface area (Å²) in [6.07, 6.45) is 4.48. The Kier molecular flexibility index (Phi) is 17.1. The third kappa shape index (κ3) is 11.9. The molecule has 7 rings (SSSR count). The van der Waals surface area contributed by atoms with Gasteiger partial charge in [0.2, 0.25) is 17.5 Å². The third-order valence-corrected chi connectivity index (χ3v) is 12.4. The molecule has 2 aromatic heterocycles. The van der Waals surface area contributed by atoms with Gasteiger partial charge in [-0.1, -0.05) is 29.3 Å². The monoisotopic (exact) mass is 946 g/mol. The summed E-state index contributed by atoms with van der Waals surface area (Å²) in [5.74, 6) is 0.806. The van der Waals surface area contributed by atoms with Gasteiger partial charge in [0.05, 0.1) is 98.4 Å². The fraction of sp³-hybridized carbons (Fsp3) is 0.468. The molecular weight excluding hydrogens is 891 g/mol. The SMILES string of the molecule is [C-]#[N+]c1cnc2cc(OCCCN3CCN(CCOCCOCCOCCCc4ccc5c(c4)n(C)c(=O)n5C4CCC(=O)NC4=O)CC3)c(OC)cc2c1Nc1cc(OC)c(Cl)cc1Cl. The predicted molar refractivity (Wildman–Crippen MR) is 253 cm³/mol. The van der Waals surface area contributed by atoms with Crippen LogP contribution in [0.5, 0.6) is 17.2 Å². The topological polar surface area (TPSA) is 164 Å². The molecule has 19 heteroatoms. The van der Waals surface area contributed by atoms with Gasteiger partial charge >= 0.3 is 5.69 Å². The number of hydrogen-bond acceptors (Lipinski definition) is 13. The molecule has 2 fully saturated rings. The number of imide groups is 1. The number of fused-ring (bicyclic) bond motifs is 2. The molecule has 0 bridgehead atoms. The number of carbonyl (C=O) groups excluding carboxylic acids is 2. The number of piperidine rings is 1. The third-order valence-electron chi connectivity index (χ3n) is 11.8. The van der Waals surface area contributed by atoms with Crippen molar-refractivity contribution in [1.82, 2.24) is 29.2 Å². The van der Waals surface area contributed by atoms with Crippen LogP contribution in [0.2, 0.25) is 10.0 Å². The number of piperazine rings is 1. The minimum atomic E-state index is -0.695. The van der Waals surface area contributed by atoms with Crippen molar-refractivity contribution in [3.05, 3.63) is 86.2 Å². The van der Waals surface area contributed by atoms with Crippen LogP contribution in [0, 0.1) is 6.57 Å². The van der Waals surface area contributed by atoms with E-state index in [1.165, 1.54) is 17.9 Å². The molecule has 2 saturated heterocycles. The molecule has 0 spiro atoms. The molecule has 0 saturated carbocycles. The maximum atomic E-state index is 13.0. The van der Waals surface area contributed by atoms with Crippen LogP contribution in [0.3, 0.4) is 0 Å². The summed E-state index contributed by atoms with van der Waals surface area (Å²) in [5.41, 5.74) is 4.25. The van der Waals surface area contributed by atoms with Crippen LogP contribution in [-0.4, -0.2) is 135 Å². The zero-order chi connectivity index (χ0) is 46.6. The number of carbonyl (C=O) groups is 2. The number of halogens is 2. The van der Waals surface area contributed by atoms with Gasteiger partial charge < -0.3 is 38.6 Å². The number of aryl methyl sites for hydroxylation is 2. The standard InChI is InChI=1S/C47H56Cl2N8O9/c1-50-37-30-51-35-28-43(42(62-4)26-32(35)45(37)52-36-29-41(61-3)34(49)27-33(36)48)66-19-6-12-55-13-15-56(16-14-55)17-20-64-22-24-65-23-21-63-18-5-7-31-8-9-38-40(25-31)54(2)47(60)57(38)39-10-11-44(58)53-46(39)59/h8-9,25-30,39H,5-7,10-24H2,2-4H3,(H,51,52)(H,53,58,59). The summed E-state index contributed by atoms with van der Waals surface area (Å²) in [4.78, 5) is 50.2. The van der Waals surface area contributed by atoms with Gasteiger partial charge in [0, 0.05) is 83.1 Å². The van der Waals surface area contributed by atoms with Crippen LogP contribution in [0.1, 0.15) is 37.3 Å². The number of hydrogen-bond donors (Lipinski definition) is 2. The molecule has 2 N–H and O–H groups in total. The van der Waals surface area contributed by atoms with Crippen molar-refractivity contribution in [3.8, 4) is 17.2 Å². The predicted octanol–water partition coefficient (Wildman–Crippen LogP) is 6.55. The first-order valence-corrected chi connectivity index (χ1v) is 22.9. The number of ether oxygens (including phenoxy) is 6. The van der Waals surface area contributed by atoms with Crippen LogP contribution in [0.4, 0.5) is 17.1 Å². The highest BCUT2D eigenvalue weighted by Crippen LogP contribution is 2.43. The Hall–Kier alpha value is -5.45. The number of amides is 2. The van der Waals surface area contributed by atoms with E-state index in [4.69, 9.17) is 58.2 Å². The lowest BCUT2D eigenvalue weighted by Crippen LogP contribution is -2.47. The Morgan fingerprint density at radius 1 is 0.803 bits per heavy atom. The number of pyridine rings is 1. The van der Waals surface area contributed by atoms with E-state index in [1.807, 2.05) is 30.3 Å². The van der Waals surface area contributed by atoms with Gasteiger partial charge in [0.15, 0.2) is 11.5 Å². The Labute approximate surface area is 393 Å². The minimum absolute atomic E-state index is 0.210. The van der Waals surface area contributed by atoms with Crippen LogP contribution in [0.15, 0.2) is 53.5 Å². The van der Waals surface area contributed by atoms with Gasteiger partial charge in [-0.05, 0) is 55.5 Å². The van der Waals surface area contributed by atoms with E-state index in [-0.39, 0.29) is 18.0 Å². The van der Waals surface area contributed by atoms with Gasteiger partial charge in [-0.2, -0.15) is 0 Å². The van der Waals surface area contributed by atoms with Crippen molar-refractivity contribution < 1.29 is 38.0 Å². The second-order valence-corrected chi connectivity index (χ2v) is 16.9. The summed E-state index contributed by atoms with van der Waals surface area (Å²) in [5, 5.41) is 7.05. The highest BCUT2D eigenvalue weighted by Gasteiger charge is 2.31. The molecule has 4 heterocycles. The summed E-state index contributed by atoms with van der Waals surface area (Å²) >= 11 is 12.7. The summed E-state index contributed by atoms with van der Waals surface area (Å²) in [7, 11) is 4.81. The first kappa shape index (κ1) is 48.5. The first-order valence-electron chi connectivity index (χ1n) is 22.1. The molecule has 17 nitrogen and oxygen atoms in total. The highest BCUT2D eigenvalue weighted by molar-refractivity contribution is 6.37. The van der Waals surface area contributed by atoms with E-state index in [0.717, 1.165) is 69.6 Å². The summed E-state index contributed by atoms with van der Waals surface area (Å²) in [6.45, 7) is 17.2. The van der Waals surface area contributed by atoms with E-state index < -0.39 is 11.9 Å². The molecule has 3 aromatic carbocycles. The average Bonchev–Trinajstić information content (AvgIpc) is 3.56. The molecule has 5 aromatic rings. The van der Waals surface area contributed by atoms with E-state index in [1.54, 1.807) is 30.9 Å². The molecule has 66 heavy (non-hydrogen) atoms. The van der Waals surface area contributed by atoms with Crippen LogP contribution in [0.25, 0.3) is 26.8 Å². The summed E-state index contributed by atoms with van der Waals surface area (Å²) in [6, 6.07) is 12.1. The van der Waals surface area contributed by atoms with Crippen LogP contribution >= 0.6 is 23.2 Å². The second-order valence-electron chi connectivity index (χ2n) is 16.1. The maximum absolute atomic E-state index is 13.0. The van der Waals surface area contributed by atoms with Crippen molar-refractivity contribution in [2.45, 2.75) is 38.1 Å². The molecule has 2 amide bonds. The maximum Gasteiger partial charge on any atom is 0.329 e. The average molecular weight is 948 g/mol. The molecular formula is C47H56Cl2N8O9. The van der Waals surface area contributed by atoms with E-state index >= 15 is 0 Å². The first-order chi connectivity index (χ1) is 32.1. The Balaban J connectivity index is 0.731. The van der Waals surface area contributed by atoms with E-state index in [0.29, 0.717) is 113 Å². The van der Waals surface area contributed by atoms with Gasteiger partial charge in [0.1, 0.15) is 11.8 Å². The normalized spacial score (nSPS) is 15.8. The van der Waals surface area contributed by atoms with Gasteiger partial charge in [-0.15, -0.1) is 0 Å². The number of nitrogens with one attached hydrogen (secondary N) is 2. The lowest BCUT2D eigenvalue weighted by atomic mass is 10.1. The zero-order valence-electron chi connectivity index (χ0n) is 37.5. The largest absolute Gasteiger partial charge is 0.495 e. The van der Waals surface area contributed by atoms with Crippen molar-refractivity contribution in [1.29, 1.82) is 0 Å². The van der Waals surface area contributed by atoms with Gasteiger partial charge in [0.25, 0.3) is 0 Å². The smallest absolute Gasteiger partial charge is 0.329 e. The molecule has 2 aliphatic heterocycles. The number of benzene rings is 3. The van der Waals surface area contributed by atoms with Crippen molar-refractivity contribution >= 4 is 74.0 Å². The quantitative estimate of drug-likeness (QED) is 0.0412. The van der Waals surface area contributed by atoms with Crippen molar-refractivity contribution in [3.63, 3.8) is 0 Å². The Bertz CT molecular complexity index is 2610. The van der Waals surface area contributed by atoms with Crippen molar-refractivity contribution in [2.75, 3.05) is 105 Å². The fourth-order valence-electron chi connectivity index (χ4n) is 8.21. The number of nitrogens with zero attached hydrogens (tertiary/aromatic N) is 6. The van der Waals surface area contributed by atoms with E-state index in [9.17, 15) is 14.4 Å². The molecule has 0 radical (unpaired) electrons. The fourth-order valence-corrected chi connectivity index (χ4v) is 8.72. The zero-order valence-corrected chi connectivity index (χ0v) is 39.0. The number of methoxy groups -OCH3 is 2. The molecule has 0 aliphatic carbocycles. The minimum Gasteiger partial charge on any atom is -0.495 e. The van der Waals surface area contributed by atoms with Gasteiger partial charge in [-0.3, -0.25) is 33.9 Å². The molecule has 1 unspecified atom stereocenters. The Morgan fingerprint density at radius 3 is 2.23 bits per heavy atom. The lowest BCUT2D eigenvalue weighted by Gasteiger charge is -2.34. The Morgan fingerprint density at radius 2 is 1.52 bits per heavy atom. The van der Waals surface area contributed by atoms with Crippen LogP contribution < -0.4 is 30.5 Å². The van der Waals surface area contributed by atoms with Crippen LogP contribution in [-0.2, 0) is 37.3 Å². The molecule has 352 valence electrons. The number of rotatable bonds is 23. The highest BCUT2D eigenvalue weighted by atomic mass is 35.5. The lowest BCUT2D eigenvalue weighted by molar-refractivity contribution is -0.135. The van der Waals surface area contributed by atoms with Gasteiger partial charge in [-0.25, -0.2) is 9.64 Å². The van der Waals surface area contributed by atoms with Crippen molar-refractivity contribution in [2.24, 2.45) is 7.05 Å². The number of anilines is 2. The summed E-state index contributed by atoms with van der Waals surface area (Å²) < 4.78 is 37.6. The number of imidazole rings is 1. The molecule has 1 atom stereocenters. The van der Waals surface area contributed by atoms with E-state index in [2.05, 4.69) is 30.3 Å². The second kappa shape index (κ2) is 23.3. The molecule has 2 aliphatic rings.